The number of rotatable bonds is 7. The van der Waals surface area contributed by atoms with Crippen LogP contribution in [-0.2, 0) is 17.9 Å². The normalized spacial score (nSPS) is 17.8. The molecule has 0 amide bonds. The predicted molar refractivity (Wildman–Crippen MR) is 102 cm³/mol. The maximum absolute atomic E-state index is 12.2. The summed E-state index contributed by atoms with van der Waals surface area (Å²) in [6.45, 7) is 0.990. The van der Waals surface area contributed by atoms with Crippen LogP contribution in [0.4, 0.5) is 0 Å². The molecule has 1 aliphatic carbocycles. The monoisotopic (exact) mass is 353 g/mol. The first-order valence-electron chi connectivity index (χ1n) is 9.35. The Balaban J connectivity index is 1.91. The van der Waals surface area contributed by atoms with Gasteiger partial charge >= 0.3 is 5.97 Å². The maximum atomic E-state index is 12.2. The van der Waals surface area contributed by atoms with Gasteiger partial charge in [0.1, 0.15) is 6.04 Å². The van der Waals surface area contributed by atoms with E-state index in [1.807, 2.05) is 65.6 Å². The van der Waals surface area contributed by atoms with Gasteiger partial charge < -0.3 is 10.2 Å². The summed E-state index contributed by atoms with van der Waals surface area (Å²) in [5, 5.41) is 21.2. The minimum atomic E-state index is -1.17. The second-order valence-corrected chi connectivity index (χ2v) is 7.28. The average Bonchev–Trinajstić information content (AvgIpc) is 2.63. The van der Waals surface area contributed by atoms with E-state index in [9.17, 15) is 15.0 Å². The van der Waals surface area contributed by atoms with Gasteiger partial charge in [-0.15, -0.1) is 0 Å². The minimum Gasteiger partial charge on any atom is -0.480 e. The quantitative estimate of drug-likeness (QED) is 0.794. The molecule has 1 unspecified atom stereocenters. The van der Waals surface area contributed by atoms with Gasteiger partial charge in [0.25, 0.3) is 0 Å². The molecule has 4 nitrogen and oxygen atoms in total. The maximum Gasteiger partial charge on any atom is 0.323 e. The highest BCUT2D eigenvalue weighted by atomic mass is 16.4. The molecule has 0 heterocycles. The van der Waals surface area contributed by atoms with Gasteiger partial charge in [0.05, 0.1) is 5.60 Å². The summed E-state index contributed by atoms with van der Waals surface area (Å²) >= 11 is 0. The van der Waals surface area contributed by atoms with Gasteiger partial charge in [-0.1, -0.05) is 79.9 Å². The number of carboxylic acids is 1. The second-order valence-electron chi connectivity index (χ2n) is 7.28. The molecule has 138 valence electrons. The van der Waals surface area contributed by atoms with E-state index in [0.717, 1.165) is 30.4 Å². The lowest BCUT2D eigenvalue weighted by Crippen LogP contribution is -2.57. The van der Waals surface area contributed by atoms with Crippen LogP contribution < -0.4 is 0 Å². The van der Waals surface area contributed by atoms with Crippen molar-refractivity contribution in [3.05, 3.63) is 71.8 Å². The molecule has 1 atom stereocenters. The van der Waals surface area contributed by atoms with Crippen LogP contribution in [0, 0.1) is 0 Å². The number of carbonyl (C=O) groups is 1. The highest BCUT2D eigenvalue weighted by Crippen LogP contribution is 2.34. The van der Waals surface area contributed by atoms with Crippen LogP contribution in [0.3, 0.4) is 0 Å². The molecule has 1 saturated carbocycles. The molecule has 0 aromatic heterocycles. The minimum absolute atomic E-state index is 0.495. The number of carboxylic acid groups (broad SMARTS) is 1. The number of hydrogen-bond donors (Lipinski definition) is 2. The van der Waals surface area contributed by atoms with Crippen molar-refractivity contribution < 1.29 is 15.0 Å². The first-order chi connectivity index (χ1) is 12.6. The van der Waals surface area contributed by atoms with Crippen molar-refractivity contribution in [3.8, 4) is 0 Å². The Kier molecular flexibility index (Phi) is 6.07. The Morgan fingerprint density at radius 2 is 1.35 bits per heavy atom. The van der Waals surface area contributed by atoms with Gasteiger partial charge in [-0.2, -0.15) is 0 Å². The van der Waals surface area contributed by atoms with Gasteiger partial charge in [-0.3, -0.25) is 9.69 Å². The van der Waals surface area contributed by atoms with E-state index in [0.29, 0.717) is 25.9 Å². The molecule has 0 aliphatic heterocycles. The molecule has 3 rings (SSSR count). The SMILES string of the molecule is O=C(O)C(N(Cc1ccccc1)Cc1ccccc1)C1(O)CCCCC1. The van der Waals surface area contributed by atoms with Crippen molar-refractivity contribution in [1.29, 1.82) is 0 Å². The highest BCUT2D eigenvalue weighted by Gasteiger charge is 2.45. The topological polar surface area (TPSA) is 60.8 Å². The van der Waals surface area contributed by atoms with Crippen molar-refractivity contribution in [3.63, 3.8) is 0 Å². The van der Waals surface area contributed by atoms with E-state index < -0.39 is 17.6 Å². The van der Waals surface area contributed by atoms with Crippen LogP contribution in [0.15, 0.2) is 60.7 Å². The van der Waals surface area contributed by atoms with Crippen LogP contribution in [0.2, 0.25) is 0 Å². The zero-order valence-electron chi connectivity index (χ0n) is 15.1. The van der Waals surface area contributed by atoms with E-state index >= 15 is 0 Å². The van der Waals surface area contributed by atoms with Gasteiger partial charge in [-0.05, 0) is 24.0 Å². The summed E-state index contributed by atoms with van der Waals surface area (Å²) in [6.07, 6.45) is 3.91. The van der Waals surface area contributed by atoms with Crippen molar-refractivity contribution in [2.45, 2.75) is 56.8 Å². The van der Waals surface area contributed by atoms with Crippen LogP contribution in [0.1, 0.15) is 43.2 Å². The van der Waals surface area contributed by atoms with Crippen molar-refractivity contribution in [2.75, 3.05) is 0 Å². The smallest absolute Gasteiger partial charge is 0.323 e. The third-order valence-electron chi connectivity index (χ3n) is 5.28. The fraction of sp³-hybridized carbons (Fsp3) is 0.409. The van der Waals surface area contributed by atoms with E-state index in [1.165, 1.54) is 0 Å². The van der Waals surface area contributed by atoms with Crippen LogP contribution in [-0.4, -0.2) is 32.7 Å². The molecule has 0 spiro atoms. The van der Waals surface area contributed by atoms with Gasteiger partial charge in [-0.25, -0.2) is 0 Å². The predicted octanol–water partition coefficient (Wildman–Crippen LogP) is 3.84. The summed E-state index contributed by atoms with van der Waals surface area (Å²) in [7, 11) is 0. The number of hydrogen-bond acceptors (Lipinski definition) is 3. The third kappa shape index (κ3) is 4.51. The fourth-order valence-electron chi connectivity index (χ4n) is 4.04. The molecule has 0 radical (unpaired) electrons. The second kappa shape index (κ2) is 8.47. The Morgan fingerprint density at radius 1 is 0.885 bits per heavy atom. The molecular formula is C22H27NO3. The summed E-state index contributed by atoms with van der Waals surface area (Å²) < 4.78 is 0. The molecule has 4 heteroatoms. The zero-order valence-corrected chi connectivity index (χ0v) is 15.1. The fourth-order valence-corrected chi connectivity index (χ4v) is 4.04. The number of aliphatic carboxylic acids is 1. The number of benzene rings is 2. The molecular weight excluding hydrogens is 326 g/mol. The zero-order chi connectivity index (χ0) is 18.4. The standard InChI is InChI=1S/C22H27NO3/c24-21(25)20(22(26)14-8-3-9-15-22)23(16-18-10-4-1-5-11-18)17-19-12-6-2-7-13-19/h1-2,4-7,10-13,20,26H,3,8-9,14-17H2,(H,24,25). The van der Waals surface area contributed by atoms with Gasteiger partial charge in [0, 0.05) is 13.1 Å². The lowest BCUT2D eigenvalue weighted by molar-refractivity contribution is -0.160. The largest absolute Gasteiger partial charge is 0.480 e. The Bertz CT molecular complexity index is 654. The lowest BCUT2D eigenvalue weighted by Gasteiger charge is -2.42. The first kappa shape index (κ1) is 18.6. The lowest BCUT2D eigenvalue weighted by atomic mass is 9.78. The van der Waals surface area contributed by atoms with E-state index in [-0.39, 0.29) is 0 Å². The molecule has 2 aromatic rings. The molecule has 26 heavy (non-hydrogen) atoms. The Morgan fingerprint density at radius 3 is 1.77 bits per heavy atom. The third-order valence-corrected chi connectivity index (χ3v) is 5.28. The molecule has 1 aliphatic rings. The summed E-state index contributed by atoms with van der Waals surface area (Å²) in [5.41, 5.74) is 0.927. The van der Waals surface area contributed by atoms with Crippen LogP contribution in [0.25, 0.3) is 0 Å². The Labute approximate surface area is 155 Å². The van der Waals surface area contributed by atoms with E-state index in [2.05, 4.69) is 0 Å². The highest BCUT2D eigenvalue weighted by molar-refractivity contribution is 5.75. The summed E-state index contributed by atoms with van der Waals surface area (Å²) in [4.78, 5) is 14.1. The number of aliphatic hydroxyl groups is 1. The van der Waals surface area contributed by atoms with Crippen molar-refractivity contribution in [2.24, 2.45) is 0 Å². The van der Waals surface area contributed by atoms with Gasteiger partial charge in [0.15, 0.2) is 0 Å². The first-order valence-corrected chi connectivity index (χ1v) is 9.35. The van der Waals surface area contributed by atoms with Gasteiger partial charge in [0.2, 0.25) is 0 Å². The molecule has 2 N–H and O–H groups in total. The average molecular weight is 353 g/mol. The Hall–Kier alpha value is -2.17. The van der Waals surface area contributed by atoms with Crippen LogP contribution in [0.5, 0.6) is 0 Å². The molecule has 1 fully saturated rings. The van der Waals surface area contributed by atoms with Crippen molar-refractivity contribution in [1.82, 2.24) is 4.90 Å². The molecule has 0 saturated heterocycles. The molecule has 0 bridgehead atoms. The number of nitrogens with zero attached hydrogens (tertiary/aromatic N) is 1. The summed E-state index contributed by atoms with van der Waals surface area (Å²) in [6, 6.07) is 18.8. The van der Waals surface area contributed by atoms with E-state index in [1.54, 1.807) is 0 Å². The summed E-state index contributed by atoms with van der Waals surface area (Å²) in [5.74, 6) is -0.943. The van der Waals surface area contributed by atoms with Crippen LogP contribution >= 0.6 is 0 Å². The van der Waals surface area contributed by atoms with E-state index in [4.69, 9.17) is 0 Å². The van der Waals surface area contributed by atoms with Crippen molar-refractivity contribution >= 4 is 5.97 Å². The molecule has 2 aromatic carbocycles.